The molecule has 0 radical (unpaired) electrons. The van der Waals surface area contributed by atoms with Gasteiger partial charge in [-0.2, -0.15) is 0 Å². The van der Waals surface area contributed by atoms with E-state index >= 15 is 0 Å². The summed E-state index contributed by atoms with van der Waals surface area (Å²) in [4.78, 5) is 0. The smallest absolute Gasteiger partial charge is 0.0530 e. The maximum absolute atomic E-state index is 10.6. The lowest BCUT2D eigenvalue weighted by atomic mass is 10.3. The van der Waals surface area contributed by atoms with Crippen LogP contribution in [0.15, 0.2) is 43.1 Å². The molecule has 1 atom stereocenters. The summed E-state index contributed by atoms with van der Waals surface area (Å²) in [7, 11) is 0. The minimum atomic E-state index is -2.29. The molecule has 0 aliphatic carbocycles. The summed E-state index contributed by atoms with van der Waals surface area (Å²) < 4.78 is 22.2. The Labute approximate surface area is 73.7 Å². The van der Waals surface area contributed by atoms with E-state index in [1.165, 1.54) is 6.20 Å². The average Bonchev–Trinajstić information content (AvgIpc) is 2.07. The van der Waals surface area contributed by atoms with Crippen molar-refractivity contribution in [2.75, 3.05) is 4.31 Å². The van der Waals surface area contributed by atoms with Crippen LogP contribution in [-0.2, 0) is 11.3 Å². The van der Waals surface area contributed by atoms with Gasteiger partial charge >= 0.3 is 0 Å². The van der Waals surface area contributed by atoms with Crippen LogP contribution in [0.4, 0.5) is 5.69 Å². The molecule has 0 amide bonds. The number of para-hydroxylation sites is 1. The summed E-state index contributed by atoms with van der Waals surface area (Å²) in [5.41, 5.74) is 0.584. The summed E-state index contributed by atoms with van der Waals surface area (Å²) >= 11 is -2.29. The Morgan fingerprint density at radius 3 is 2.42 bits per heavy atom. The van der Waals surface area contributed by atoms with E-state index in [2.05, 4.69) is 6.58 Å². The van der Waals surface area contributed by atoms with Crippen molar-refractivity contribution in [3.63, 3.8) is 0 Å². The fraction of sp³-hybridized carbons (Fsp3) is 0. The maximum Gasteiger partial charge on any atom is 0.0530 e. The average molecular weight is 182 g/mol. The number of benzene rings is 1. The fourth-order valence-corrected chi connectivity index (χ4v) is 1.24. The third-order valence-corrected chi connectivity index (χ3v) is 2.02. The highest BCUT2D eigenvalue weighted by molar-refractivity contribution is 7.80. The van der Waals surface area contributed by atoms with Gasteiger partial charge in [-0.25, -0.2) is 0 Å². The van der Waals surface area contributed by atoms with Crippen molar-refractivity contribution >= 4 is 17.0 Å². The Bertz CT molecular complexity index is 286. The van der Waals surface area contributed by atoms with Gasteiger partial charge in [-0.3, -0.25) is 8.51 Å². The molecule has 0 aromatic heterocycles. The number of hydrogen-bond donors (Lipinski definition) is 0. The Kier molecular flexibility index (Phi) is 3.01. The van der Waals surface area contributed by atoms with Crippen molar-refractivity contribution in [3.05, 3.63) is 43.1 Å². The predicted octanol–water partition coefficient (Wildman–Crippen LogP) is 1.43. The number of nitrogens with zero attached hydrogens (tertiary/aromatic N) is 1. The molecular weight excluding hydrogens is 174 g/mol. The van der Waals surface area contributed by atoms with Gasteiger partial charge in [0.15, 0.2) is 0 Å². The van der Waals surface area contributed by atoms with E-state index in [1.54, 1.807) is 24.3 Å². The summed E-state index contributed by atoms with van der Waals surface area (Å²) in [6.45, 7) is 3.39. The molecule has 0 fully saturated rings. The molecular formula is C8H8NO2S-. The second kappa shape index (κ2) is 4.04. The maximum atomic E-state index is 10.6. The molecule has 0 bridgehead atoms. The Morgan fingerprint density at radius 1 is 1.42 bits per heavy atom. The zero-order valence-electron chi connectivity index (χ0n) is 6.34. The van der Waals surface area contributed by atoms with Crippen molar-refractivity contribution < 1.29 is 8.76 Å². The van der Waals surface area contributed by atoms with Gasteiger partial charge in [-0.05, 0) is 12.1 Å². The minimum absolute atomic E-state index is 0.584. The molecule has 64 valence electrons. The number of anilines is 1. The molecule has 4 heteroatoms. The van der Waals surface area contributed by atoms with Crippen molar-refractivity contribution in [2.24, 2.45) is 0 Å². The van der Waals surface area contributed by atoms with E-state index < -0.39 is 11.3 Å². The Morgan fingerprint density at radius 2 is 2.00 bits per heavy atom. The van der Waals surface area contributed by atoms with E-state index in [0.29, 0.717) is 5.69 Å². The van der Waals surface area contributed by atoms with Gasteiger partial charge < -0.3 is 4.55 Å². The van der Waals surface area contributed by atoms with Gasteiger partial charge in [0, 0.05) is 6.20 Å². The molecule has 1 rings (SSSR count). The van der Waals surface area contributed by atoms with Crippen LogP contribution in [0.25, 0.3) is 0 Å². The van der Waals surface area contributed by atoms with Gasteiger partial charge in [0.05, 0.1) is 17.0 Å². The molecule has 0 spiro atoms. The molecule has 0 aliphatic rings. The third kappa shape index (κ3) is 1.93. The Hall–Kier alpha value is -1.13. The van der Waals surface area contributed by atoms with Crippen molar-refractivity contribution in [3.8, 4) is 0 Å². The molecule has 1 aromatic carbocycles. The fourth-order valence-electron chi connectivity index (χ4n) is 0.827. The molecule has 0 saturated carbocycles. The highest BCUT2D eigenvalue weighted by Gasteiger charge is 1.99. The second-order valence-electron chi connectivity index (χ2n) is 2.06. The molecule has 12 heavy (non-hydrogen) atoms. The second-order valence-corrected chi connectivity index (χ2v) is 2.89. The van der Waals surface area contributed by atoms with Crippen LogP contribution in [0.5, 0.6) is 0 Å². The highest BCUT2D eigenvalue weighted by atomic mass is 32.2. The van der Waals surface area contributed by atoms with E-state index in [0.717, 1.165) is 4.31 Å². The lowest BCUT2D eigenvalue weighted by molar-refractivity contribution is 0.537. The lowest BCUT2D eigenvalue weighted by Gasteiger charge is -2.21. The molecule has 3 nitrogen and oxygen atoms in total. The van der Waals surface area contributed by atoms with E-state index in [1.807, 2.05) is 6.07 Å². The lowest BCUT2D eigenvalue weighted by Crippen LogP contribution is -2.17. The minimum Gasteiger partial charge on any atom is -0.755 e. The summed E-state index contributed by atoms with van der Waals surface area (Å²) in [6.07, 6.45) is 1.25. The van der Waals surface area contributed by atoms with Crippen LogP contribution in [0.2, 0.25) is 0 Å². The molecule has 0 N–H and O–H groups in total. The quantitative estimate of drug-likeness (QED) is 0.664. The van der Waals surface area contributed by atoms with Crippen LogP contribution in [0.3, 0.4) is 0 Å². The van der Waals surface area contributed by atoms with Crippen LogP contribution in [0, 0.1) is 0 Å². The summed E-state index contributed by atoms with van der Waals surface area (Å²) in [5.74, 6) is 0. The zero-order chi connectivity index (χ0) is 8.97. The largest absolute Gasteiger partial charge is 0.755 e. The number of rotatable bonds is 3. The first-order valence-corrected chi connectivity index (χ1v) is 4.35. The zero-order valence-corrected chi connectivity index (χ0v) is 7.16. The highest BCUT2D eigenvalue weighted by Crippen LogP contribution is 2.13. The van der Waals surface area contributed by atoms with E-state index in [-0.39, 0.29) is 0 Å². The molecule has 0 aliphatic heterocycles. The normalized spacial score (nSPS) is 12.1. The predicted molar refractivity (Wildman–Crippen MR) is 48.0 cm³/mol. The SMILES string of the molecule is C=CN(c1ccccc1)S(=O)[O-]. The number of hydrogen-bond acceptors (Lipinski definition) is 2. The first kappa shape index (κ1) is 8.96. The van der Waals surface area contributed by atoms with Crippen LogP contribution < -0.4 is 4.31 Å². The van der Waals surface area contributed by atoms with Crippen molar-refractivity contribution in [1.82, 2.24) is 0 Å². The molecule has 0 heterocycles. The molecule has 0 saturated heterocycles. The van der Waals surface area contributed by atoms with Gasteiger partial charge in [0.1, 0.15) is 0 Å². The molecule has 1 unspecified atom stereocenters. The van der Waals surface area contributed by atoms with Crippen molar-refractivity contribution in [2.45, 2.75) is 0 Å². The summed E-state index contributed by atoms with van der Waals surface area (Å²) in [6, 6.07) is 8.73. The first-order valence-electron chi connectivity index (χ1n) is 3.32. The van der Waals surface area contributed by atoms with Crippen LogP contribution in [-0.4, -0.2) is 8.76 Å². The monoisotopic (exact) mass is 182 g/mol. The van der Waals surface area contributed by atoms with E-state index in [4.69, 9.17) is 0 Å². The summed E-state index contributed by atoms with van der Waals surface area (Å²) in [5, 5.41) is 0. The van der Waals surface area contributed by atoms with Crippen LogP contribution in [0.1, 0.15) is 0 Å². The third-order valence-electron chi connectivity index (χ3n) is 1.34. The van der Waals surface area contributed by atoms with E-state index in [9.17, 15) is 8.76 Å². The van der Waals surface area contributed by atoms with Gasteiger partial charge in [-0.1, -0.05) is 24.8 Å². The Balaban J connectivity index is 2.95. The van der Waals surface area contributed by atoms with Gasteiger partial charge in [-0.15, -0.1) is 0 Å². The van der Waals surface area contributed by atoms with Crippen LogP contribution >= 0.6 is 0 Å². The van der Waals surface area contributed by atoms with Gasteiger partial charge in [0.2, 0.25) is 0 Å². The molecule has 1 aromatic rings. The van der Waals surface area contributed by atoms with Gasteiger partial charge in [0.25, 0.3) is 0 Å². The van der Waals surface area contributed by atoms with Crippen molar-refractivity contribution in [1.29, 1.82) is 0 Å². The standard InChI is InChI=1S/C8H9NO2S/c1-2-9(12(10)11)8-6-4-3-5-7-8/h2-7H,1H2,(H,10,11)/p-1. The first-order chi connectivity index (χ1) is 5.75. The topological polar surface area (TPSA) is 43.4 Å².